The standard InChI is InChI=1S/C23H32N4O2/c1-3-11-27-19(28)6-5-17-15(2)24-20(25-21(17)27)16-7-12-26(13-8-16)22(29)18-14-23(18)9-4-10-23/h16,18H,3-14H2,1-2H3. The number of anilines is 1. The number of nitrogens with zero attached hydrogens (tertiary/aromatic N) is 4. The molecule has 29 heavy (non-hydrogen) atoms. The van der Waals surface area contributed by atoms with Crippen molar-refractivity contribution in [1.29, 1.82) is 0 Å². The fraction of sp³-hybridized carbons (Fsp3) is 0.739. The minimum absolute atomic E-state index is 0.179. The lowest BCUT2D eigenvalue weighted by molar-refractivity contribution is -0.135. The molecular weight excluding hydrogens is 364 g/mol. The minimum Gasteiger partial charge on any atom is -0.342 e. The molecular formula is C23H32N4O2. The zero-order chi connectivity index (χ0) is 20.2. The van der Waals surface area contributed by atoms with E-state index < -0.39 is 0 Å². The molecule has 6 nitrogen and oxygen atoms in total. The number of fused-ring (bicyclic) bond motifs is 1. The van der Waals surface area contributed by atoms with Crippen molar-refractivity contribution in [3.8, 4) is 0 Å². The van der Waals surface area contributed by atoms with E-state index in [1.165, 1.54) is 19.3 Å². The SMILES string of the molecule is CCCN1C(=O)CCc2c(C)nc(C3CCN(C(=O)C4CC45CCC5)CC3)nc21. The lowest BCUT2D eigenvalue weighted by Gasteiger charge is -2.34. The molecule has 6 heteroatoms. The van der Waals surface area contributed by atoms with Crippen molar-refractivity contribution in [3.63, 3.8) is 0 Å². The summed E-state index contributed by atoms with van der Waals surface area (Å²) in [5.41, 5.74) is 2.55. The minimum atomic E-state index is 0.179. The fourth-order valence-corrected chi connectivity index (χ4v) is 5.70. The van der Waals surface area contributed by atoms with Crippen molar-refractivity contribution in [2.24, 2.45) is 11.3 Å². The van der Waals surface area contributed by atoms with Gasteiger partial charge in [-0.3, -0.25) is 14.5 Å². The normalized spacial score (nSPS) is 25.7. The Morgan fingerprint density at radius 2 is 1.93 bits per heavy atom. The third-order valence-electron chi connectivity index (χ3n) is 7.81. The van der Waals surface area contributed by atoms with Gasteiger partial charge in [-0.15, -0.1) is 0 Å². The van der Waals surface area contributed by atoms with Gasteiger partial charge in [0.2, 0.25) is 11.8 Å². The topological polar surface area (TPSA) is 66.4 Å². The summed E-state index contributed by atoms with van der Waals surface area (Å²) in [6.07, 6.45) is 9.02. The van der Waals surface area contributed by atoms with Crippen LogP contribution in [0.5, 0.6) is 0 Å². The number of rotatable bonds is 4. The van der Waals surface area contributed by atoms with Crippen LogP contribution in [0.2, 0.25) is 0 Å². The van der Waals surface area contributed by atoms with E-state index in [0.29, 0.717) is 23.7 Å². The van der Waals surface area contributed by atoms with E-state index in [-0.39, 0.29) is 11.8 Å². The number of piperidine rings is 1. The monoisotopic (exact) mass is 396 g/mol. The molecule has 1 unspecified atom stereocenters. The summed E-state index contributed by atoms with van der Waals surface area (Å²) in [7, 11) is 0. The Morgan fingerprint density at radius 1 is 1.17 bits per heavy atom. The fourth-order valence-electron chi connectivity index (χ4n) is 5.70. The van der Waals surface area contributed by atoms with Gasteiger partial charge in [0.05, 0.1) is 0 Å². The molecule has 2 aliphatic heterocycles. The van der Waals surface area contributed by atoms with Crippen molar-refractivity contribution in [3.05, 3.63) is 17.1 Å². The van der Waals surface area contributed by atoms with E-state index in [1.807, 2.05) is 11.8 Å². The first kappa shape index (κ1) is 19.0. The Labute approximate surface area is 173 Å². The van der Waals surface area contributed by atoms with Crippen LogP contribution in [0.3, 0.4) is 0 Å². The van der Waals surface area contributed by atoms with Crippen LogP contribution < -0.4 is 4.90 Å². The van der Waals surface area contributed by atoms with Gasteiger partial charge >= 0.3 is 0 Å². The van der Waals surface area contributed by atoms with E-state index in [4.69, 9.17) is 9.97 Å². The maximum atomic E-state index is 12.9. The molecule has 1 aromatic heterocycles. The molecule has 1 saturated heterocycles. The largest absolute Gasteiger partial charge is 0.342 e. The van der Waals surface area contributed by atoms with E-state index in [1.54, 1.807) is 0 Å². The average molecular weight is 397 g/mol. The Kier molecular flexibility index (Phi) is 4.63. The Hall–Kier alpha value is -1.98. The maximum Gasteiger partial charge on any atom is 0.228 e. The number of aromatic nitrogens is 2. The highest BCUT2D eigenvalue weighted by molar-refractivity contribution is 5.95. The zero-order valence-corrected chi connectivity index (χ0v) is 17.7. The molecule has 0 aromatic carbocycles. The predicted molar refractivity (Wildman–Crippen MR) is 111 cm³/mol. The molecule has 1 aromatic rings. The number of hydrogen-bond acceptors (Lipinski definition) is 4. The second kappa shape index (κ2) is 7.06. The summed E-state index contributed by atoms with van der Waals surface area (Å²) in [5.74, 6) is 2.87. The summed E-state index contributed by atoms with van der Waals surface area (Å²) in [6.45, 7) is 6.49. The number of carbonyl (C=O) groups excluding carboxylic acids is 2. The lowest BCUT2D eigenvalue weighted by atomic mass is 9.79. The van der Waals surface area contributed by atoms with Crippen molar-refractivity contribution in [2.45, 2.75) is 77.6 Å². The third kappa shape index (κ3) is 3.15. The van der Waals surface area contributed by atoms with Crippen molar-refractivity contribution in [2.75, 3.05) is 24.5 Å². The second-order valence-corrected chi connectivity index (χ2v) is 9.59. The van der Waals surface area contributed by atoms with Crippen molar-refractivity contribution in [1.82, 2.24) is 14.9 Å². The molecule has 2 saturated carbocycles. The number of amides is 2. The highest BCUT2D eigenvalue weighted by Crippen LogP contribution is 2.66. The van der Waals surface area contributed by atoms with Gasteiger partial charge in [-0.05, 0) is 57.3 Å². The van der Waals surface area contributed by atoms with Gasteiger partial charge < -0.3 is 4.90 Å². The second-order valence-electron chi connectivity index (χ2n) is 9.59. The summed E-state index contributed by atoms with van der Waals surface area (Å²) in [4.78, 5) is 39.0. The molecule has 0 radical (unpaired) electrons. The van der Waals surface area contributed by atoms with Gasteiger partial charge in [-0.1, -0.05) is 13.3 Å². The van der Waals surface area contributed by atoms with E-state index >= 15 is 0 Å². The highest BCUT2D eigenvalue weighted by atomic mass is 16.2. The first-order valence-corrected chi connectivity index (χ1v) is 11.5. The quantitative estimate of drug-likeness (QED) is 0.783. The highest BCUT2D eigenvalue weighted by Gasteiger charge is 2.61. The smallest absolute Gasteiger partial charge is 0.228 e. The first-order valence-electron chi connectivity index (χ1n) is 11.5. The molecule has 2 aliphatic carbocycles. The Bertz CT molecular complexity index is 840. The Morgan fingerprint density at radius 3 is 2.55 bits per heavy atom. The summed E-state index contributed by atoms with van der Waals surface area (Å²) in [5, 5.41) is 0. The van der Waals surface area contributed by atoms with Crippen LogP contribution in [-0.4, -0.2) is 46.3 Å². The summed E-state index contributed by atoms with van der Waals surface area (Å²) >= 11 is 0. The molecule has 2 amide bonds. The molecule has 0 N–H and O–H groups in total. The summed E-state index contributed by atoms with van der Waals surface area (Å²) in [6, 6.07) is 0. The molecule has 156 valence electrons. The number of hydrogen-bond donors (Lipinski definition) is 0. The van der Waals surface area contributed by atoms with E-state index in [9.17, 15) is 9.59 Å². The van der Waals surface area contributed by atoms with Gasteiger partial charge in [-0.2, -0.15) is 0 Å². The Balaban J connectivity index is 1.29. The number of likely N-dealkylation sites (tertiary alicyclic amines) is 1. The van der Waals surface area contributed by atoms with Crippen LogP contribution in [0, 0.1) is 18.3 Å². The number of aryl methyl sites for hydroxylation is 1. The average Bonchev–Trinajstić information content (AvgIpc) is 3.46. The van der Waals surface area contributed by atoms with Crippen LogP contribution in [0.25, 0.3) is 0 Å². The van der Waals surface area contributed by atoms with Crippen LogP contribution in [-0.2, 0) is 16.0 Å². The van der Waals surface area contributed by atoms with Gasteiger partial charge in [0, 0.05) is 49.1 Å². The molecule has 3 fully saturated rings. The van der Waals surface area contributed by atoms with Crippen LogP contribution in [0.4, 0.5) is 5.82 Å². The van der Waals surface area contributed by atoms with E-state index in [2.05, 4.69) is 11.8 Å². The van der Waals surface area contributed by atoms with Gasteiger partial charge in [0.25, 0.3) is 0 Å². The first-order chi connectivity index (χ1) is 14.0. The van der Waals surface area contributed by atoms with E-state index in [0.717, 1.165) is 74.6 Å². The third-order valence-corrected chi connectivity index (χ3v) is 7.81. The molecule has 1 spiro atoms. The van der Waals surface area contributed by atoms with Gasteiger partial charge in [-0.25, -0.2) is 9.97 Å². The van der Waals surface area contributed by atoms with Crippen LogP contribution in [0.1, 0.15) is 81.3 Å². The zero-order valence-electron chi connectivity index (χ0n) is 17.7. The predicted octanol–water partition coefficient (Wildman–Crippen LogP) is 3.37. The van der Waals surface area contributed by atoms with Gasteiger partial charge in [0.15, 0.2) is 0 Å². The number of carbonyl (C=O) groups is 2. The molecule has 0 bridgehead atoms. The molecule has 5 rings (SSSR count). The van der Waals surface area contributed by atoms with Crippen molar-refractivity contribution < 1.29 is 9.59 Å². The van der Waals surface area contributed by atoms with Crippen LogP contribution in [0.15, 0.2) is 0 Å². The lowest BCUT2D eigenvalue weighted by Crippen LogP contribution is -2.41. The molecule has 1 atom stereocenters. The molecule has 4 aliphatic rings. The summed E-state index contributed by atoms with van der Waals surface area (Å²) < 4.78 is 0. The van der Waals surface area contributed by atoms with Crippen LogP contribution >= 0.6 is 0 Å². The maximum absolute atomic E-state index is 12.9. The molecule has 3 heterocycles. The van der Waals surface area contributed by atoms with Crippen molar-refractivity contribution >= 4 is 17.6 Å². The van der Waals surface area contributed by atoms with Gasteiger partial charge in [0.1, 0.15) is 11.6 Å².